The molecule has 1 N–H and O–H groups in total. The van der Waals surface area contributed by atoms with Gasteiger partial charge in [-0.15, -0.1) is 0 Å². The third-order valence-corrected chi connectivity index (χ3v) is 6.43. The first kappa shape index (κ1) is 19.1. The first-order valence-corrected chi connectivity index (χ1v) is 10.6. The monoisotopic (exact) mass is 428 g/mol. The van der Waals surface area contributed by atoms with Crippen LogP contribution in [0, 0.1) is 0 Å². The average Bonchev–Trinajstić information content (AvgIpc) is 2.98. The molecule has 1 unspecified atom stereocenters. The Morgan fingerprint density at radius 2 is 2.20 bits per heavy atom. The largest absolute Gasteiger partial charge is 0.503 e. The summed E-state index contributed by atoms with van der Waals surface area (Å²) in [6.07, 6.45) is 5.96. The van der Waals surface area contributed by atoms with E-state index in [1.165, 1.54) is 27.6 Å². The summed E-state index contributed by atoms with van der Waals surface area (Å²) in [5.41, 5.74) is -0.213. The second-order valence-corrected chi connectivity index (χ2v) is 8.31. The maximum Gasteiger partial charge on any atom is 0.276 e. The number of pyridine rings is 1. The van der Waals surface area contributed by atoms with Crippen LogP contribution in [0.4, 0.5) is 0 Å². The molecule has 4 aliphatic rings. The lowest BCUT2D eigenvalue weighted by Crippen LogP contribution is -2.57. The van der Waals surface area contributed by atoms with Gasteiger partial charge in [0.25, 0.3) is 11.8 Å². The molecular formula is C20H20N4O5S. The third kappa shape index (κ3) is 2.82. The highest BCUT2D eigenvalue weighted by Crippen LogP contribution is 2.30. The van der Waals surface area contributed by atoms with Gasteiger partial charge < -0.3 is 19.3 Å². The zero-order valence-electron chi connectivity index (χ0n) is 16.3. The Morgan fingerprint density at radius 1 is 1.37 bits per heavy atom. The molecule has 0 aromatic carbocycles. The van der Waals surface area contributed by atoms with Crippen molar-refractivity contribution in [3.8, 4) is 5.75 Å². The Kier molecular flexibility index (Phi) is 4.55. The van der Waals surface area contributed by atoms with E-state index in [1.54, 1.807) is 4.90 Å². The van der Waals surface area contributed by atoms with Crippen LogP contribution in [-0.4, -0.2) is 62.5 Å². The summed E-state index contributed by atoms with van der Waals surface area (Å²) < 4.78 is 11.5. The maximum absolute atomic E-state index is 13.2. The molecule has 2 atom stereocenters. The van der Waals surface area contributed by atoms with Gasteiger partial charge in [0.2, 0.25) is 5.43 Å². The fourth-order valence-corrected chi connectivity index (χ4v) is 4.84. The van der Waals surface area contributed by atoms with Gasteiger partial charge in [0.1, 0.15) is 11.4 Å². The first-order chi connectivity index (χ1) is 14.5. The molecule has 5 heterocycles. The van der Waals surface area contributed by atoms with Gasteiger partial charge in [0, 0.05) is 30.7 Å². The molecule has 2 fully saturated rings. The van der Waals surface area contributed by atoms with Crippen molar-refractivity contribution in [1.29, 1.82) is 0 Å². The van der Waals surface area contributed by atoms with Crippen molar-refractivity contribution in [2.45, 2.75) is 38.6 Å². The van der Waals surface area contributed by atoms with Crippen LogP contribution in [0.1, 0.15) is 40.6 Å². The molecular weight excluding hydrogens is 408 g/mol. The molecule has 2 amide bonds. The van der Waals surface area contributed by atoms with Gasteiger partial charge in [-0.25, -0.2) is 0 Å². The number of nitrogens with zero attached hydrogens (tertiary/aromatic N) is 4. The number of hydrogen-bond acceptors (Lipinski definition) is 7. The predicted molar refractivity (Wildman–Crippen MR) is 110 cm³/mol. The molecule has 5 rings (SSSR count). The SMILES string of the molecule is C[C@@H]1CCOC2Cn3cc(C(=O)N4CCC5=CC=CSN=C54)c(=O)c(O)c3C(=O)N21. The van der Waals surface area contributed by atoms with Crippen LogP contribution in [0.3, 0.4) is 0 Å². The number of allylic oxidation sites excluding steroid dienone is 2. The van der Waals surface area contributed by atoms with Crippen molar-refractivity contribution in [2.75, 3.05) is 13.2 Å². The summed E-state index contributed by atoms with van der Waals surface area (Å²) in [7, 11) is 0. The number of aromatic nitrogens is 1. The van der Waals surface area contributed by atoms with Gasteiger partial charge in [-0.05, 0) is 30.7 Å². The molecule has 10 heteroatoms. The highest BCUT2D eigenvalue weighted by Gasteiger charge is 2.41. The van der Waals surface area contributed by atoms with Crippen LogP contribution in [0.5, 0.6) is 5.75 Å². The van der Waals surface area contributed by atoms with Gasteiger partial charge in [0.15, 0.2) is 17.7 Å². The van der Waals surface area contributed by atoms with Gasteiger partial charge in [-0.1, -0.05) is 12.2 Å². The molecule has 0 bridgehead atoms. The van der Waals surface area contributed by atoms with E-state index in [0.717, 1.165) is 5.57 Å². The maximum atomic E-state index is 13.2. The lowest BCUT2D eigenvalue weighted by Gasteiger charge is -2.44. The first-order valence-electron chi connectivity index (χ1n) is 9.80. The van der Waals surface area contributed by atoms with E-state index in [-0.39, 0.29) is 23.8 Å². The van der Waals surface area contributed by atoms with Gasteiger partial charge >= 0.3 is 0 Å². The van der Waals surface area contributed by atoms with E-state index >= 15 is 0 Å². The number of ether oxygens (including phenoxy) is 1. The Labute approximate surface area is 176 Å². The summed E-state index contributed by atoms with van der Waals surface area (Å²) in [5.74, 6) is -1.18. The molecule has 4 aliphatic heterocycles. The lowest BCUT2D eigenvalue weighted by molar-refractivity contribution is -0.112. The summed E-state index contributed by atoms with van der Waals surface area (Å²) in [4.78, 5) is 42.1. The highest BCUT2D eigenvalue weighted by atomic mass is 32.2. The van der Waals surface area contributed by atoms with Gasteiger partial charge in [-0.2, -0.15) is 4.40 Å². The van der Waals surface area contributed by atoms with Crippen molar-refractivity contribution in [1.82, 2.24) is 14.4 Å². The molecule has 2 saturated heterocycles. The second-order valence-electron chi connectivity index (χ2n) is 7.64. The number of hydrogen-bond donors (Lipinski definition) is 1. The number of amidine groups is 1. The quantitative estimate of drug-likeness (QED) is 0.680. The fraction of sp³-hybridized carbons (Fsp3) is 0.400. The van der Waals surface area contributed by atoms with Crippen LogP contribution in [0.15, 0.2) is 38.5 Å². The van der Waals surface area contributed by atoms with E-state index < -0.39 is 29.2 Å². The Balaban J connectivity index is 1.55. The smallest absolute Gasteiger partial charge is 0.276 e. The second kappa shape index (κ2) is 7.13. The van der Waals surface area contributed by atoms with E-state index in [1.807, 2.05) is 24.5 Å². The summed E-state index contributed by atoms with van der Waals surface area (Å²) in [6, 6.07) is -0.0602. The topological polar surface area (TPSA) is 104 Å². The van der Waals surface area contributed by atoms with Gasteiger partial charge in [-0.3, -0.25) is 19.3 Å². The number of carbonyl (C=O) groups is 2. The fourth-order valence-electron chi connectivity index (χ4n) is 4.31. The molecule has 0 saturated carbocycles. The normalized spacial score (nSPS) is 25.2. The molecule has 30 heavy (non-hydrogen) atoms. The average molecular weight is 428 g/mol. The summed E-state index contributed by atoms with van der Waals surface area (Å²) in [5, 5.41) is 12.4. The Bertz CT molecular complexity index is 1110. The predicted octanol–water partition coefficient (Wildman–Crippen LogP) is 1.49. The molecule has 1 aromatic heterocycles. The zero-order valence-corrected chi connectivity index (χ0v) is 17.1. The number of aromatic hydroxyl groups is 1. The van der Waals surface area contributed by atoms with Crippen LogP contribution < -0.4 is 5.43 Å². The summed E-state index contributed by atoms with van der Waals surface area (Å²) >= 11 is 1.21. The molecule has 0 spiro atoms. The van der Waals surface area contributed by atoms with Crippen molar-refractivity contribution in [2.24, 2.45) is 4.40 Å². The molecule has 1 aromatic rings. The number of fused-ring (bicyclic) bond motifs is 3. The Hall–Kier alpha value is -2.85. The number of likely N-dealkylation sites (tertiary alicyclic amines) is 1. The lowest BCUT2D eigenvalue weighted by atomic mass is 10.1. The van der Waals surface area contributed by atoms with Crippen molar-refractivity contribution in [3.63, 3.8) is 0 Å². The number of rotatable bonds is 1. The van der Waals surface area contributed by atoms with Crippen LogP contribution >= 0.6 is 11.9 Å². The molecule has 156 valence electrons. The van der Waals surface area contributed by atoms with Crippen molar-refractivity contribution >= 4 is 29.6 Å². The molecule has 0 radical (unpaired) electrons. The standard InChI is InChI=1S/C20H20N4O5S/c1-11-5-7-29-14-10-22-9-13(16(25)17(26)15(22)20(28)24(11)14)19(27)23-6-4-12-3-2-8-30-21-18(12)23/h2-3,8-9,11,14,26H,4-7,10H2,1H3/t11-,14?/m1/s1. The minimum atomic E-state index is -0.846. The third-order valence-electron chi connectivity index (χ3n) is 5.88. The number of carbonyl (C=O) groups excluding carboxylic acids is 2. The van der Waals surface area contributed by atoms with E-state index in [9.17, 15) is 19.5 Å². The highest BCUT2D eigenvalue weighted by molar-refractivity contribution is 8.01. The van der Waals surface area contributed by atoms with Crippen LogP contribution in [-0.2, 0) is 11.3 Å². The minimum absolute atomic E-state index is 0.0602. The van der Waals surface area contributed by atoms with E-state index in [2.05, 4.69) is 4.40 Å². The molecule has 0 aliphatic carbocycles. The van der Waals surface area contributed by atoms with Crippen molar-refractivity contribution < 1.29 is 19.4 Å². The van der Waals surface area contributed by atoms with Gasteiger partial charge in [0.05, 0.1) is 13.2 Å². The van der Waals surface area contributed by atoms with E-state index in [4.69, 9.17) is 4.74 Å². The summed E-state index contributed by atoms with van der Waals surface area (Å²) in [6.45, 7) is 3.08. The molecule has 9 nitrogen and oxygen atoms in total. The van der Waals surface area contributed by atoms with Crippen molar-refractivity contribution in [3.05, 3.63) is 50.8 Å². The Morgan fingerprint density at radius 3 is 3.03 bits per heavy atom. The van der Waals surface area contributed by atoms with E-state index in [0.29, 0.717) is 31.8 Å². The zero-order chi connectivity index (χ0) is 21.0. The minimum Gasteiger partial charge on any atom is -0.503 e. The van der Waals surface area contributed by atoms with Crippen LogP contribution in [0.2, 0.25) is 0 Å². The number of amides is 2. The van der Waals surface area contributed by atoms with Crippen LogP contribution in [0.25, 0.3) is 0 Å².